The van der Waals surface area contributed by atoms with Gasteiger partial charge in [-0.05, 0) is 25.0 Å². The third-order valence-electron chi connectivity index (χ3n) is 4.48. The number of carbonyl (C=O) groups is 2. The van der Waals surface area contributed by atoms with E-state index in [9.17, 15) is 9.59 Å². The number of nitrogens with zero attached hydrogens (tertiary/aromatic N) is 2. The summed E-state index contributed by atoms with van der Waals surface area (Å²) in [4.78, 5) is 25.1. The average molecular weight is 398 g/mol. The Labute approximate surface area is 167 Å². The number of aromatic nitrogens is 2. The molecule has 28 heavy (non-hydrogen) atoms. The van der Waals surface area contributed by atoms with Gasteiger partial charge in [-0.2, -0.15) is 0 Å². The molecule has 0 aliphatic carbocycles. The Bertz CT molecular complexity index is 935. The van der Waals surface area contributed by atoms with Crippen LogP contribution >= 0.6 is 11.3 Å². The highest BCUT2D eigenvalue weighted by Crippen LogP contribution is 2.26. The maximum Gasteiger partial charge on any atom is 0.287 e. The maximum atomic E-state index is 12.8. The fourth-order valence-corrected chi connectivity index (χ4v) is 3.34. The quantitative estimate of drug-likeness (QED) is 0.629. The lowest BCUT2D eigenvalue weighted by atomic mass is 9.98. The van der Waals surface area contributed by atoms with Crippen molar-refractivity contribution in [2.24, 2.45) is 5.92 Å². The highest BCUT2D eigenvalue weighted by atomic mass is 32.1. The summed E-state index contributed by atoms with van der Waals surface area (Å²) in [5.74, 6) is -0.661. The van der Waals surface area contributed by atoms with Gasteiger partial charge in [-0.25, -0.2) is 0 Å². The number of furan rings is 1. The van der Waals surface area contributed by atoms with Crippen molar-refractivity contribution in [2.75, 3.05) is 5.32 Å². The Morgan fingerprint density at radius 2 is 1.93 bits per heavy atom. The second-order valence-corrected chi connectivity index (χ2v) is 7.56. The van der Waals surface area contributed by atoms with E-state index in [-0.39, 0.29) is 17.6 Å². The summed E-state index contributed by atoms with van der Waals surface area (Å²) >= 11 is 1.29. The lowest BCUT2D eigenvalue weighted by Gasteiger charge is -2.22. The van der Waals surface area contributed by atoms with Crippen molar-refractivity contribution in [3.63, 3.8) is 0 Å². The van der Waals surface area contributed by atoms with E-state index in [1.807, 2.05) is 45.0 Å². The number of hydrogen-bond donors (Lipinski definition) is 2. The molecule has 2 amide bonds. The first-order chi connectivity index (χ1) is 13.5. The van der Waals surface area contributed by atoms with E-state index in [0.717, 1.165) is 22.6 Å². The molecule has 0 fully saturated rings. The minimum absolute atomic E-state index is 0.0663. The second-order valence-electron chi connectivity index (χ2n) is 6.58. The summed E-state index contributed by atoms with van der Waals surface area (Å²) in [5, 5.41) is 14.8. The van der Waals surface area contributed by atoms with Gasteiger partial charge in [0, 0.05) is 5.56 Å². The fraction of sp³-hybridized carbons (Fsp3) is 0.300. The third-order valence-corrected chi connectivity index (χ3v) is 5.37. The predicted molar refractivity (Wildman–Crippen MR) is 108 cm³/mol. The van der Waals surface area contributed by atoms with E-state index in [1.54, 1.807) is 12.1 Å². The van der Waals surface area contributed by atoms with Crippen LogP contribution in [0.15, 0.2) is 47.1 Å². The largest absolute Gasteiger partial charge is 0.459 e. The van der Waals surface area contributed by atoms with Crippen LogP contribution in [0.3, 0.4) is 0 Å². The van der Waals surface area contributed by atoms with E-state index >= 15 is 0 Å². The van der Waals surface area contributed by atoms with Crippen molar-refractivity contribution in [1.82, 2.24) is 15.5 Å². The van der Waals surface area contributed by atoms with Gasteiger partial charge in [-0.3, -0.25) is 14.9 Å². The van der Waals surface area contributed by atoms with Gasteiger partial charge in [0.1, 0.15) is 11.0 Å². The fourth-order valence-electron chi connectivity index (χ4n) is 2.59. The monoisotopic (exact) mass is 398 g/mol. The predicted octanol–water partition coefficient (Wildman–Crippen LogP) is 3.89. The van der Waals surface area contributed by atoms with Crippen molar-refractivity contribution in [3.8, 4) is 10.6 Å². The molecule has 8 heteroatoms. The van der Waals surface area contributed by atoms with Gasteiger partial charge in [0.15, 0.2) is 5.76 Å². The van der Waals surface area contributed by atoms with Crippen molar-refractivity contribution < 1.29 is 14.0 Å². The van der Waals surface area contributed by atoms with Crippen molar-refractivity contribution in [3.05, 3.63) is 54.0 Å². The van der Waals surface area contributed by atoms with Gasteiger partial charge < -0.3 is 9.73 Å². The molecule has 7 nitrogen and oxygen atoms in total. The average Bonchev–Trinajstić information content (AvgIpc) is 3.38. The first-order valence-corrected chi connectivity index (χ1v) is 9.85. The van der Waals surface area contributed by atoms with Crippen LogP contribution in [-0.4, -0.2) is 28.1 Å². The molecule has 0 saturated heterocycles. The lowest BCUT2D eigenvalue weighted by Crippen LogP contribution is -2.47. The Morgan fingerprint density at radius 1 is 1.18 bits per heavy atom. The van der Waals surface area contributed by atoms with Gasteiger partial charge in [-0.15, -0.1) is 10.2 Å². The molecule has 0 aliphatic heterocycles. The van der Waals surface area contributed by atoms with E-state index in [0.29, 0.717) is 5.13 Å². The summed E-state index contributed by atoms with van der Waals surface area (Å²) in [7, 11) is 0. The molecule has 0 radical (unpaired) electrons. The summed E-state index contributed by atoms with van der Waals surface area (Å²) in [5.41, 5.74) is 2.10. The number of carbonyl (C=O) groups excluding carboxylic acids is 2. The number of benzene rings is 1. The Hall–Kier alpha value is -3.00. The number of anilines is 1. The van der Waals surface area contributed by atoms with E-state index in [2.05, 4.69) is 20.8 Å². The molecule has 0 saturated carbocycles. The number of amides is 2. The van der Waals surface area contributed by atoms with Gasteiger partial charge in [0.05, 0.1) is 6.26 Å². The molecule has 0 bridgehead atoms. The minimum atomic E-state index is -0.714. The number of aryl methyl sites for hydroxylation is 1. The SMILES string of the molecule is CCC(C)C(NC(=O)c1ccco1)C(=O)Nc1nnc(-c2ccc(C)cc2)s1. The number of rotatable bonds is 7. The second kappa shape index (κ2) is 8.79. The summed E-state index contributed by atoms with van der Waals surface area (Å²) in [6, 6.07) is 10.4. The van der Waals surface area contributed by atoms with Crippen LogP contribution in [0, 0.1) is 12.8 Å². The van der Waals surface area contributed by atoms with Crippen LogP contribution < -0.4 is 10.6 Å². The van der Waals surface area contributed by atoms with Crippen LogP contribution in [0.25, 0.3) is 10.6 Å². The van der Waals surface area contributed by atoms with Gasteiger partial charge in [0.2, 0.25) is 11.0 Å². The molecule has 0 aliphatic rings. The highest BCUT2D eigenvalue weighted by Gasteiger charge is 2.28. The molecular weight excluding hydrogens is 376 g/mol. The molecule has 2 N–H and O–H groups in total. The zero-order valence-corrected chi connectivity index (χ0v) is 16.7. The minimum Gasteiger partial charge on any atom is -0.459 e. The smallest absolute Gasteiger partial charge is 0.287 e. The molecule has 3 rings (SSSR count). The van der Waals surface area contributed by atoms with Gasteiger partial charge >= 0.3 is 0 Å². The van der Waals surface area contributed by atoms with Crippen molar-refractivity contribution in [1.29, 1.82) is 0 Å². The first-order valence-electron chi connectivity index (χ1n) is 9.03. The van der Waals surface area contributed by atoms with Crippen LogP contribution in [0.5, 0.6) is 0 Å². The van der Waals surface area contributed by atoms with Gasteiger partial charge in [-0.1, -0.05) is 61.4 Å². The molecule has 1 aromatic carbocycles. The molecule has 0 spiro atoms. The topological polar surface area (TPSA) is 97.1 Å². The van der Waals surface area contributed by atoms with E-state index in [4.69, 9.17) is 4.42 Å². The standard InChI is InChI=1S/C20H22N4O3S/c1-4-13(3)16(21-17(25)15-6-5-11-27-15)18(26)22-20-24-23-19(28-20)14-9-7-12(2)8-10-14/h5-11,13,16H,4H2,1-3H3,(H,21,25)(H,22,24,26). The number of nitrogens with one attached hydrogen (secondary N) is 2. The highest BCUT2D eigenvalue weighted by molar-refractivity contribution is 7.18. The molecular formula is C20H22N4O3S. The van der Waals surface area contributed by atoms with Crippen molar-refractivity contribution >= 4 is 28.3 Å². The molecule has 146 valence electrons. The summed E-state index contributed by atoms with van der Waals surface area (Å²) in [6.45, 7) is 5.89. The zero-order valence-electron chi connectivity index (χ0n) is 15.9. The van der Waals surface area contributed by atoms with Crippen molar-refractivity contribution in [2.45, 2.75) is 33.2 Å². The van der Waals surface area contributed by atoms with E-state index in [1.165, 1.54) is 17.6 Å². The Balaban J connectivity index is 1.71. The number of hydrogen-bond acceptors (Lipinski definition) is 6. The molecule has 2 heterocycles. The van der Waals surface area contributed by atoms with Crippen LogP contribution in [0.2, 0.25) is 0 Å². The first kappa shape index (κ1) is 19.8. The Morgan fingerprint density at radius 3 is 2.57 bits per heavy atom. The van der Waals surface area contributed by atoms with E-state index < -0.39 is 11.9 Å². The molecule has 2 unspecified atom stereocenters. The van der Waals surface area contributed by atoms with Gasteiger partial charge in [0.25, 0.3) is 5.91 Å². The molecule has 2 aromatic heterocycles. The molecule has 3 aromatic rings. The van der Waals surface area contributed by atoms with Crippen LogP contribution in [0.4, 0.5) is 5.13 Å². The zero-order chi connectivity index (χ0) is 20.1. The summed E-state index contributed by atoms with van der Waals surface area (Å²) in [6.07, 6.45) is 2.14. The molecule has 2 atom stereocenters. The van der Waals surface area contributed by atoms with Crippen LogP contribution in [-0.2, 0) is 4.79 Å². The normalized spacial score (nSPS) is 13.0. The Kier molecular flexibility index (Phi) is 6.20. The lowest BCUT2D eigenvalue weighted by molar-refractivity contribution is -0.119. The maximum absolute atomic E-state index is 12.8. The van der Waals surface area contributed by atoms with Crippen LogP contribution in [0.1, 0.15) is 36.4 Å². The summed E-state index contributed by atoms with van der Waals surface area (Å²) < 4.78 is 5.10. The third kappa shape index (κ3) is 4.64.